The van der Waals surface area contributed by atoms with Gasteiger partial charge in [0.15, 0.2) is 0 Å². The van der Waals surface area contributed by atoms with E-state index in [0.29, 0.717) is 25.5 Å². The second-order valence-corrected chi connectivity index (χ2v) is 4.68. The average Bonchev–Trinajstić information content (AvgIpc) is 2.55. The number of pyridine rings is 1. The molecular weight excluding hydrogens is 273 g/mol. The van der Waals surface area contributed by atoms with Gasteiger partial charge in [-0.05, 0) is 12.1 Å². The smallest absolute Gasteiger partial charge is 0.150 e. The number of ether oxygens (including phenoxy) is 1. The third-order valence-corrected chi connectivity index (χ3v) is 3.37. The van der Waals surface area contributed by atoms with E-state index < -0.39 is 0 Å². The average molecular weight is 289 g/mol. The number of morpholine rings is 1. The second kappa shape index (κ2) is 6.01. The molecule has 7 heteroatoms. The lowest BCUT2D eigenvalue weighted by molar-refractivity contribution is 0.0370. The van der Waals surface area contributed by atoms with Crippen molar-refractivity contribution in [2.75, 3.05) is 37.0 Å². The molecule has 1 saturated heterocycles. The van der Waals surface area contributed by atoms with Crippen molar-refractivity contribution in [3.63, 3.8) is 0 Å². The summed E-state index contributed by atoms with van der Waals surface area (Å²) in [5, 5.41) is 3.02. The van der Waals surface area contributed by atoms with E-state index in [2.05, 4.69) is 25.2 Å². The fourth-order valence-corrected chi connectivity index (χ4v) is 2.35. The summed E-state index contributed by atoms with van der Waals surface area (Å²) < 4.78 is 18.8. The number of hydrogen-bond donors (Lipinski definition) is 1. The Kier molecular flexibility index (Phi) is 3.92. The van der Waals surface area contributed by atoms with Crippen molar-refractivity contribution >= 4 is 11.6 Å². The van der Waals surface area contributed by atoms with Gasteiger partial charge in [-0.15, -0.1) is 0 Å². The summed E-state index contributed by atoms with van der Waals surface area (Å²) in [4.78, 5) is 14.8. The zero-order chi connectivity index (χ0) is 14.7. The largest absolute Gasteiger partial charge is 0.372 e. The molecular formula is C14H16FN5O. The summed E-state index contributed by atoms with van der Waals surface area (Å²) in [6.45, 7) is 1.87. The third-order valence-electron chi connectivity index (χ3n) is 3.37. The molecule has 0 amide bonds. The third kappa shape index (κ3) is 2.92. The molecule has 1 aliphatic heterocycles. The lowest BCUT2D eigenvalue weighted by Gasteiger charge is -2.33. The predicted molar refractivity (Wildman–Crippen MR) is 76.7 cm³/mol. The molecule has 6 nitrogen and oxygen atoms in total. The van der Waals surface area contributed by atoms with Crippen molar-refractivity contribution in [2.24, 2.45) is 0 Å². The molecule has 1 aliphatic rings. The minimum Gasteiger partial charge on any atom is -0.372 e. The van der Waals surface area contributed by atoms with Crippen molar-refractivity contribution in [3.05, 3.63) is 42.2 Å². The van der Waals surface area contributed by atoms with Gasteiger partial charge in [0.2, 0.25) is 0 Å². The first kappa shape index (κ1) is 13.7. The summed E-state index contributed by atoms with van der Waals surface area (Å²) in [5.74, 6) is 1.10. The number of anilines is 2. The minimum absolute atomic E-state index is 0.193. The van der Waals surface area contributed by atoms with Crippen LogP contribution in [-0.4, -0.2) is 41.7 Å². The van der Waals surface area contributed by atoms with E-state index in [1.54, 1.807) is 25.5 Å². The van der Waals surface area contributed by atoms with Gasteiger partial charge in [0.05, 0.1) is 19.3 Å². The van der Waals surface area contributed by atoms with Crippen LogP contribution in [0.3, 0.4) is 0 Å². The van der Waals surface area contributed by atoms with E-state index in [-0.39, 0.29) is 11.9 Å². The van der Waals surface area contributed by atoms with E-state index in [1.807, 2.05) is 0 Å². The minimum atomic E-state index is -0.338. The maximum absolute atomic E-state index is 13.0. The predicted octanol–water partition coefficient (Wildman–Crippen LogP) is 1.63. The van der Waals surface area contributed by atoms with Gasteiger partial charge in [-0.25, -0.2) is 14.4 Å². The molecule has 0 spiro atoms. The van der Waals surface area contributed by atoms with E-state index >= 15 is 0 Å². The molecule has 0 radical (unpaired) electrons. The van der Waals surface area contributed by atoms with E-state index in [9.17, 15) is 4.39 Å². The lowest BCUT2D eigenvalue weighted by Crippen LogP contribution is -2.39. The molecule has 0 aliphatic carbocycles. The normalized spacial score (nSPS) is 18.6. The van der Waals surface area contributed by atoms with E-state index in [0.717, 1.165) is 11.5 Å². The number of nitrogens with one attached hydrogen (secondary N) is 1. The lowest BCUT2D eigenvalue weighted by atomic mass is 10.2. The monoisotopic (exact) mass is 289 g/mol. The topological polar surface area (TPSA) is 63.2 Å². The van der Waals surface area contributed by atoms with Gasteiger partial charge < -0.3 is 15.0 Å². The molecule has 1 atom stereocenters. The van der Waals surface area contributed by atoms with Crippen molar-refractivity contribution in [1.29, 1.82) is 0 Å². The van der Waals surface area contributed by atoms with Crippen molar-refractivity contribution < 1.29 is 9.13 Å². The van der Waals surface area contributed by atoms with Crippen LogP contribution in [0.1, 0.15) is 11.8 Å². The van der Waals surface area contributed by atoms with Crippen LogP contribution in [0.25, 0.3) is 0 Å². The molecule has 21 heavy (non-hydrogen) atoms. The van der Waals surface area contributed by atoms with Gasteiger partial charge >= 0.3 is 0 Å². The summed E-state index contributed by atoms with van der Waals surface area (Å²) >= 11 is 0. The van der Waals surface area contributed by atoms with Crippen LogP contribution in [0, 0.1) is 5.82 Å². The van der Waals surface area contributed by atoms with Crippen molar-refractivity contribution in [2.45, 2.75) is 6.10 Å². The Bertz CT molecular complexity index is 607. The van der Waals surface area contributed by atoms with Gasteiger partial charge in [-0.3, -0.25) is 4.98 Å². The molecule has 1 fully saturated rings. The number of aromatic nitrogens is 3. The zero-order valence-corrected chi connectivity index (χ0v) is 11.7. The first-order valence-corrected chi connectivity index (χ1v) is 6.74. The highest BCUT2D eigenvalue weighted by atomic mass is 19.1. The molecule has 0 saturated carbocycles. The molecule has 1 N–H and O–H groups in total. The molecule has 0 aromatic carbocycles. The number of nitrogens with zero attached hydrogens (tertiary/aromatic N) is 4. The fraction of sp³-hybridized carbons (Fsp3) is 0.357. The van der Waals surface area contributed by atoms with Crippen LogP contribution >= 0.6 is 0 Å². The number of halogens is 1. The summed E-state index contributed by atoms with van der Waals surface area (Å²) in [6.07, 6.45) is 4.31. The van der Waals surface area contributed by atoms with Crippen LogP contribution < -0.4 is 10.2 Å². The Balaban J connectivity index is 1.81. The highest BCUT2D eigenvalue weighted by Crippen LogP contribution is 2.27. The highest BCUT2D eigenvalue weighted by Gasteiger charge is 2.26. The number of hydrogen-bond acceptors (Lipinski definition) is 6. The van der Waals surface area contributed by atoms with Gasteiger partial charge in [0.25, 0.3) is 0 Å². The molecule has 0 unspecified atom stereocenters. The van der Waals surface area contributed by atoms with Crippen LogP contribution in [0.15, 0.2) is 30.7 Å². The second-order valence-electron chi connectivity index (χ2n) is 4.68. The quantitative estimate of drug-likeness (QED) is 0.926. The molecule has 2 aromatic rings. The van der Waals surface area contributed by atoms with Crippen LogP contribution in [0.5, 0.6) is 0 Å². The van der Waals surface area contributed by atoms with Gasteiger partial charge in [-0.2, -0.15) is 0 Å². The van der Waals surface area contributed by atoms with E-state index in [1.165, 1.54) is 12.3 Å². The Morgan fingerprint density at radius 2 is 2.14 bits per heavy atom. The molecule has 110 valence electrons. The fourth-order valence-electron chi connectivity index (χ4n) is 2.35. The SMILES string of the molecule is CNc1nccnc1[C@H]1CN(c2ccc(F)cn2)CCO1. The standard InChI is InChI=1S/C14H16FN5O/c1-16-14-13(17-4-5-18-14)11-9-20(6-7-21-11)12-3-2-10(15)8-19-12/h2-5,8,11H,6-7,9H2,1H3,(H,16,18)/t11-/m1/s1. The van der Waals surface area contributed by atoms with Crippen LogP contribution in [0.4, 0.5) is 16.0 Å². The summed E-state index contributed by atoms with van der Waals surface area (Å²) in [6, 6.07) is 3.08. The van der Waals surface area contributed by atoms with Gasteiger partial charge in [0, 0.05) is 26.0 Å². The summed E-state index contributed by atoms with van der Waals surface area (Å²) in [7, 11) is 1.80. The molecule has 0 bridgehead atoms. The molecule has 2 aromatic heterocycles. The highest BCUT2D eigenvalue weighted by molar-refractivity contribution is 5.43. The number of rotatable bonds is 3. The van der Waals surface area contributed by atoms with Crippen molar-refractivity contribution in [1.82, 2.24) is 15.0 Å². The molecule has 3 rings (SSSR count). The van der Waals surface area contributed by atoms with Gasteiger partial charge in [0.1, 0.15) is 29.3 Å². The Morgan fingerprint density at radius 1 is 1.29 bits per heavy atom. The zero-order valence-electron chi connectivity index (χ0n) is 11.7. The molecule has 3 heterocycles. The first-order chi connectivity index (χ1) is 10.3. The van der Waals surface area contributed by atoms with Crippen molar-refractivity contribution in [3.8, 4) is 0 Å². The Labute approximate surface area is 122 Å². The van der Waals surface area contributed by atoms with E-state index in [4.69, 9.17) is 4.74 Å². The van der Waals surface area contributed by atoms with Gasteiger partial charge in [-0.1, -0.05) is 0 Å². The van der Waals surface area contributed by atoms with Crippen LogP contribution in [0.2, 0.25) is 0 Å². The Hall–Kier alpha value is -2.28. The maximum Gasteiger partial charge on any atom is 0.150 e. The Morgan fingerprint density at radius 3 is 2.90 bits per heavy atom. The van der Waals surface area contributed by atoms with Crippen LogP contribution in [-0.2, 0) is 4.74 Å². The first-order valence-electron chi connectivity index (χ1n) is 6.74. The summed E-state index contributed by atoms with van der Waals surface area (Å²) in [5.41, 5.74) is 0.770. The maximum atomic E-state index is 13.0.